The highest BCUT2D eigenvalue weighted by molar-refractivity contribution is 9.10. The molecule has 23 heavy (non-hydrogen) atoms. The van der Waals surface area contributed by atoms with Gasteiger partial charge in [-0.05, 0) is 49.0 Å². The molecule has 0 saturated heterocycles. The number of thiocarbonyl (C=S) groups is 1. The number of halogens is 1. The van der Waals surface area contributed by atoms with Crippen LogP contribution in [0.15, 0.2) is 52.0 Å². The molecule has 0 fully saturated rings. The summed E-state index contributed by atoms with van der Waals surface area (Å²) in [4.78, 5) is 12.3. The van der Waals surface area contributed by atoms with Crippen molar-refractivity contribution in [2.24, 2.45) is 10.8 Å². The van der Waals surface area contributed by atoms with E-state index in [-0.39, 0.29) is 5.11 Å². The number of nitrogens with one attached hydrogen (secondary N) is 1. The van der Waals surface area contributed by atoms with Gasteiger partial charge in [-0.15, -0.1) is 0 Å². The summed E-state index contributed by atoms with van der Waals surface area (Å²) < 4.78 is 6.31. The Hall–Kier alpha value is -2.25. The average Bonchev–Trinajstić information content (AvgIpc) is 2.50. The summed E-state index contributed by atoms with van der Waals surface area (Å²) in [5.74, 6) is -0.0441. The van der Waals surface area contributed by atoms with Crippen molar-refractivity contribution < 1.29 is 9.53 Å². The van der Waals surface area contributed by atoms with Gasteiger partial charge in [0, 0.05) is 10.0 Å². The van der Waals surface area contributed by atoms with Gasteiger partial charge in [0.05, 0.1) is 11.8 Å². The number of hydrogen-bond donors (Lipinski definition) is 2. The Balaban J connectivity index is 2.25. The quantitative estimate of drug-likeness (QED) is 0.275. The van der Waals surface area contributed by atoms with E-state index in [0.29, 0.717) is 16.9 Å². The highest BCUT2D eigenvalue weighted by Crippen LogP contribution is 2.23. The smallest absolute Gasteiger partial charge is 0.343 e. The predicted octanol–water partition coefficient (Wildman–Crippen LogP) is 3.14. The van der Waals surface area contributed by atoms with Gasteiger partial charge < -0.3 is 10.5 Å². The van der Waals surface area contributed by atoms with Crippen molar-refractivity contribution in [2.45, 2.75) is 6.92 Å². The molecular formula is C16H14BrN3O2S. The van der Waals surface area contributed by atoms with Crippen LogP contribution in [0.1, 0.15) is 21.5 Å². The van der Waals surface area contributed by atoms with Gasteiger partial charge in [-0.2, -0.15) is 5.10 Å². The molecule has 7 heteroatoms. The van der Waals surface area contributed by atoms with Gasteiger partial charge in [0.25, 0.3) is 0 Å². The topological polar surface area (TPSA) is 76.7 Å². The maximum Gasteiger partial charge on any atom is 0.343 e. The first-order valence-corrected chi connectivity index (χ1v) is 7.83. The molecule has 0 radical (unpaired) electrons. The van der Waals surface area contributed by atoms with Crippen LogP contribution in [0.25, 0.3) is 0 Å². The van der Waals surface area contributed by atoms with Crippen molar-refractivity contribution >= 4 is 45.4 Å². The van der Waals surface area contributed by atoms with E-state index in [0.717, 1.165) is 10.0 Å². The maximum atomic E-state index is 12.3. The van der Waals surface area contributed by atoms with Crippen LogP contribution in [0.4, 0.5) is 0 Å². The van der Waals surface area contributed by atoms with Gasteiger partial charge in [-0.25, -0.2) is 4.79 Å². The lowest BCUT2D eigenvalue weighted by Gasteiger charge is -2.09. The number of carbonyl (C=O) groups excluding carboxylic acids is 1. The van der Waals surface area contributed by atoms with E-state index >= 15 is 0 Å². The van der Waals surface area contributed by atoms with Crippen LogP contribution >= 0.6 is 28.1 Å². The van der Waals surface area contributed by atoms with Crippen molar-refractivity contribution in [1.29, 1.82) is 0 Å². The van der Waals surface area contributed by atoms with Crippen molar-refractivity contribution in [1.82, 2.24) is 5.43 Å². The minimum Gasteiger partial charge on any atom is -0.422 e. The molecule has 2 aromatic rings. The van der Waals surface area contributed by atoms with Crippen LogP contribution in [0.5, 0.6) is 5.75 Å². The summed E-state index contributed by atoms with van der Waals surface area (Å²) in [6.07, 6.45) is 1.48. The summed E-state index contributed by atoms with van der Waals surface area (Å²) in [6, 6.07) is 12.5. The molecule has 0 aliphatic rings. The molecule has 5 nitrogen and oxygen atoms in total. The third-order valence-electron chi connectivity index (χ3n) is 2.92. The van der Waals surface area contributed by atoms with Gasteiger partial charge in [-0.1, -0.05) is 34.1 Å². The molecule has 0 unspecified atom stereocenters. The number of hydrazone groups is 1. The first kappa shape index (κ1) is 17.1. The maximum absolute atomic E-state index is 12.3. The number of ether oxygens (including phenoxy) is 1. The van der Waals surface area contributed by atoms with E-state index < -0.39 is 5.97 Å². The molecule has 0 atom stereocenters. The second kappa shape index (κ2) is 7.85. The fraction of sp³-hybridized carbons (Fsp3) is 0.0625. The van der Waals surface area contributed by atoms with Crippen LogP contribution < -0.4 is 15.9 Å². The van der Waals surface area contributed by atoms with E-state index in [1.54, 1.807) is 30.3 Å². The van der Waals surface area contributed by atoms with Crippen molar-refractivity contribution in [3.63, 3.8) is 0 Å². The SMILES string of the molecule is Cc1ccccc1C(=O)Oc1ccc(Br)cc1C=NNC(N)=S. The first-order chi connectivity index (χ1) is 11.0. The Morgan fingerprint density at radius 2 is 2.09 bits per heavy atom. The van der Waals surface area contributed by atoms with E-state index in [4.69, 9.17) is 10.5 Å². The summed E-state index contributed by atoms with van der Waals surface area (Å²) in [7, 11) is 0. The van der Waals surface area contributed by atoms with Crippen LogP contribution in [-0.4, -0.2) is 17.3 Å². The van der Waals surface area contributed by atoms with E-state index in [1.807, 2.05) is 19.1 Å². The van der Waals surface area contributed by atoms with E-state index in [2.05, 4.69) is 38.7 Å². The molecule has 0 aromatic heterocycles. The molecule has 2 rings (SSSR count). The normalized spacial score (nSPS) is 10.5. The van der Waals surface area contributed by atoms with Crippen LogP contribution in [0.3, 0.4) is 0 Å². The number of nitrogens with zero attached hydrogens (tertiary/aromatic N) is 1. The second-order valence-electron chi connectivity index (χ2n) is 4.62. The van der Waals surface area contributed by atoms with Gasteiger partial charge in [0.1, 0.15) is 5.75 Å². The van der Waals surface area contributed by atoms with Crippen LogP contribution in [0, 0.1) is 6.92 Å². The standard InChI is InChI=1S/C16H14BrN3O2S/c1-10-4-2-3-5-13(10)15(21)22-14-7-6-12(17)8-11(14)9-19-20-16(18)23/h2-9H,1H3,(H3,18,20,23). The second-order valence-corrected chi connectivity index (χ2v) is 5.98. The molecule has 3 N–H and O–H groups in total. The third-order valence-corrected chi connectivity index (χ3v) is 3.50. The monoisotopic (exact) mass is 391 g/mol. The molecule has 0 aliphatic heterocycles. The Morgan fingerprint density at radius 1 is 1.35 bits per heavy atom. The Bertz CT molecular complexity index is 778. The molecule has 118 valence electrons. The minimum absolute atomic E-state index is 0.0506. The molecular weight excluding hydrogens is 378 g/mol. The summed E-state index contributed by atoms with van der Waals surface area (Å²) in [6.45, 7) is 1.85. The summed E-state index contributed by atoms with van der Waals surface area (Å²) in [5.41, 5.74) is 9.73. The molecule has 0 amide bonds. The first-order valence-electron chi connectivity index (χ1n) is 6.63. The van der Waals surface area contributed by atoms with Crippen LogP contribution in [0.2, 0.25) is 0 Å². The fourth-order valence-corrected chi connectivity index (χ4v) is 2.27. The summed E-state index contributed by atoms with van der Waals surface area (Å²) in [5, 5.41) is 3.94. The lowest BCUT2D eigenvalue weighted by Crippen LogP contribution is -2.24. The average molecular weight is 392 g/mol. The van der Waals surface area contributed by atoms with Gasteiger partial charge >= 0.3 is 5.97 Å². The zero-order valence-electron chi connectivity index (χ0n) is 12.2. The largest absolute Gasteiger partial charge is 0.422 e. The number of aryl methyl sites for hydroxylation is 1. The van der Waals surface area contributed by atoms with Crippen LogP contribution in [-0.2, 0) is 0 Å². The zero-order valence-corrected chi connectivity index (χ0v) is 14.6. The van der Waals surface area contributed by atoms with Gasteiger partial charge in [0.2, 0.25) is 0 Å². The number of nitrogens with two attached hydrogens (primary N) is 1. The molecule has 0 saturated carbocycles. The number of carbonyl (C=O) groups is 1. The Labute approximate surface area is 147 Å². The van der Waals surface area contributed by atoms with Crippen molar-refractivity contribution in [3.8, 4) is 5.75 Å². The zero-order chi connectivity index (χ0) is 16.8. The van der Waals surface area contributed by atoms with Crippen molar-refractivity contribution in [2.75, 3.05) is 0 Å². The summed E-state index contributed by atoms with van der Waals surface area (Å²) >= 11 is 8.04. The lowest BCUT2D eigenvalue weighted by molar-refractivity contribution is 0.0733. The number of hydrogen-bond acceptors (Lipinski definition) is 4. The fourth-order valence-electron chi connectivity index (χ4n) is 1.84. The van der Waals surface area contributed by atoms with E-state index in [1.165, 1.54) is 6.21 Å². The van der Waals surface area contributed by atoms with Gasteiger partial charge in [0.15, 0.2) is 5.11 Å². The Kier molecular flexibility index (Phi) is 5.84. The van der Waals surface area contributed by atoms with Crippen molar-refractivity contribution in [3.05, 3.63) is 63.6 Å². The molecule has 0 heterocycles. The molecule has 0 aliphatic carbocycles. The molecule has 0 bridgehead atoms. The molecule has 2 aromatic carbocycles. The lowest BCUT2D eigenvalue weighted by atomic mass is 10.1. The number of esters is 1. The predicted molar refractivity (Wildman–Crippen MR) is 97.8 cm³/mol. The third kappa shape index (κ3) is 4.87. The highest BCUT2D eigenvalue weighted by Gasteiger charge is 2.13. The van der Waals surface area contributed by atoms with Gasteiger partial charge in [-0.3, -0.25) is 5.43 Å². The highest BCUT2D eigenvalue weighted by atomic mass is 79.9. The Morgan fingerprint density at radius 3 is 2.78 bits per heavy atom. The number of benzene rings is 2. The molecule has 0 spiro atoms. The minimum atomic E-state index is -0.428. The number of rotatable bonds is 4. The van der Waals surface area contributed by atoms with E-state index in [9.17, 15) is 4.79 Å².